The van der Waals surface area contributed by atoms with Crippen LogP contribution in [0, 0.1) is 5.41 Å². The number of hydrogen-bond acceptors (Lipinski definition) is 4. The summed E-state index contributed by atoms with van der Waals surface area (Å²) in [6.07, 6.45) is -2.32. The first-order valence-corrected chi connectivity index (χ1v) is 9.13. The Morgan fingerprint density at radius 3 is 2.50 bits per heavy atom. The van der Waals surface area contributed by atoms with Crippen LogP contribution in [0.5, 0.6) is 0 Å². The number of fused-ring (bicyclic) bond motifs is 1. The van der Waals surface area contributed by atoms with E-state index in [2.05, 4.69) is 15.4 Å². The van der Waals surface area contributed by atoms with E-state index in [4.69, 9.17) is 16.3 Å². The van der Waals surface area contributed by atoms with Crippen molar-refractivity contribution >= 4 is 23.3 Å². The van der Waals surface area contributed by atoms with E-state index in [9.17, 15) is 18.0 Å². The fourth-order valence-electron chi connectivity index (χ4n) is 2.43. The van der Waals surface area contributed by atoms with Crippen LogP contribution in [0.1, 0.15) is 59.2 Å². The maximum absolute atomic E-state index is 13.2. The number of carbonyl (C=O) groups is 1. The molecule has 2 aromatic heterocycles. The fraction of sp³-hybridized carbons (Fsp3) is 0.611. The Morgan fingerprint density at radius 2 is 1.93 bits per heavy atom. The summed E-state index contributed by atoms with van der Waals surface area (Å²) in [6, 6.07) is 0.791. The minimum Gasteiger partial charge on any atom is -0.444 e. The Hall–Kier alpha value is -2.03. The molecule has 0 spiro atoms. The number of alkyl halides is 3. The molecule has 0 bridgehead atoms. The zero-order chi connectivity index (χ0) is 21.3. The normalized spacial score (nSPS) is 14.2. The van der Waals surface area contributed by atoms with Gasteiger partial charge in [-0.3, -0.25) is 0 Å². The van der Waals surface area contributed by atoms with Gasteiger partial charge in [-0.15, -0.1) is 0 Å². The fourth-order valence-corrected chi connectivity index (χ4v) is 2.57. The lowest BCUT2D eigenvalue weighted by molar-refractivity contribution is -0.214. The third kappa shape index (κ3) is 5.73. The van der Waals surface area contributed by atoms with Crippen molar-refractivity contribution in [3.05, 3.63) is 29.2 Å². The summed E-state index contributed by atoms with van der Waals surface area (Å²) in [5.74, 6) is 0. The van der Waals surface area contributed by atoms with Crippen molar-refractivity contribution in [2.24, 2.45) is 5.41 Å². The summed E-state index contributed by atoms with van der Waals surface area (Å²) in [7, 11) is 0. The summed E-state index contributed by atoms with van der Waals surface area (Å²) in [5, 5.41) is 7.07. The molecule has 0 aliphatic heterocycles. The van der Waals surface area contributed by atoms with Crippen LogP contribution in [-0.2, 0) is 4.74 Å². The maximum Gasteiger partial charge on any atom is 0.408 e. The molecule has 0 fully saturated rings. The van der Waals surface area contributed by atoms with Gasteiger partial charge in [0, 0.05) is 6.07 Å². The molecule has 0 unspecified atom stereocenters. The van der Waals surface area contributed by atoms with Gasteiger partial charge in [0.15, 0.2) is 5.65 Å². The van der Waals surface area contributed by atoms with Gasteiger partial charge in [0.05, 0.1) is 34.6 Å². The number of rotatable bonds is 5. The van der Waals surface area contributed by atoms with E-state index in [0.717, 1.165) is 13.8 Å². The van der Waals surface area contributed by atoms with Crippen LogP contribution in [0.3, 0.4) is 0 Å². The van der Waals surface area contributed by atoms with Crippen LogP contribution >= 0.6 is 11.6 Å². The Bertz CT molecular complexity index is 843. The van der Waals surface area contributed by atoms with E-state index in [1.54, 1.807) is 33.0 Å². The van der Waals surface area contributed by atoms with Gasteiger partial charge in [-0.05, 0) is 33.6 Å². The molecule has 2 heterocycles. The number of carbonyl (C=O) groups excluding carboxylic acids is 1. The molecular formula is C18H24ClF3N4O2. The third-order valence-electron chi connectivity index (χ3n) is 4.18. The van der Waals surface area contributed by atoms with E-state index in [1.165, 1.54) is 10.7 Å². The second kappa shape index (κ2) is 7.77. The van der Waals surface area contributed by atoms with Gasteiger partial charge >= 0.3 is 12.3 Å². The summed E-state index contributed by atoms with van der Waals surface area (Å²) in [4.78, 5) is 16.6. The number of amides is 1. The van der Waals surface area contributed by atoms with Gasteiger partial charge in [-0.25, -0.2) is 14.3 Å². The van der Waals surface area contributed by atoms with Crippen LogP contribution in [-0.4, -0.2) is 32.5 Å². The van der Waals surface area contributed by atoms with E-state index < -0.39 is 29.3 Å². The monoisotopic (exact) mass is 420 g/mol. The summed E-state index contributed by atoms with van der Waals surface area (Å²) in [6.45, 7) is 7.35. The van der Waals surface area contributed by atoms with Crippen molar-refractivity contribution < 1.29 is 22.7 Å². The van der Waals surface area contributed by atoms with Crippen LogP contribution < -0.4 is 5.32 Å². The Labute approximate surface area is 166 Å². The number of imidazole rings is 1. The first kappa shape index (κ1) is 22.3. The number of aromatic nitrogens is 3. The number of ether oxygens (including phenoxy) is 1. The van der Waals surface area contributed by atoms with Crippen LogP contribution in [0.15, 0.2) is 18.5 Å². The first-order valence-electron chi connectivity index (χ1n) is 8.75. The summed E-state index contributed by atoms with van der Waals surface area (Å²) >= 11 is 5.91. The molecule has 1 atom stereocenters. The molecule has 10 heteroatoms. The van der Waals surface area contributed by atoms with Gasteiger partial charge in [0.25, 0.3) is 0 Å². The predicted octanol–water partition coefficient (Wildman–Crippen LogP) is 5.32. The van der Waals surface area contributed by atoms with Gasteiger partial charge < -0.3 is 10.1 Å². The highest BCUT2D eigenvalue weighted by molar-refractivity contribution is 6.30. The Morgan fingerprint density at radius 1 is 1.29 bits per heavy atom. The summed E-state index contributed by atoms with van der Waals surface area (Å²) < 4.78 is 46.4. The highest BCUT2D eigenvalue weighted by Crippen LogP contribution is 2.42. The maximum atomic E-state index is 13.2. The van der Waals surface area contributed by atoms with Gasteiger partial charge in [-0.1, -0.05) is 25.4 Å². The predicted molar refractivity (Wildman–Crippen MR) is 99.2 cm³/mol. The van der Waals surface area contributed by atoms with Crippen molar-refractivity contribution in [2.75, 3.05) is 0 Å². The zero-order valence-corrected chi connectivity index (χ0v) is 17.1. The van der Waals surface area contributed by atoms with Crippen molar-refractivity contribution in [1.82, 2.24) is 19.9 Å². The van der Waals surface area contributed by atoms with Crippen molar-refractivity contribution in [3.8, 4) is 0 Å². The van der Waals surface area contributed by atoms with Gasteiger partial charge in [-0.2, -0.15) is 18.3 Å². The van der Waals surface area contributed by atoms with Gasteiger partial charge in [0.2, 0.25) is 0 Å². The quantitative estimate of drug-likeness (QED) is 0.711. The second-order valence-corrected chi connectivity index (χ2v) is 8.70. The van der Waals surface area contributed by atoms with Crippen molar-refractivity contribution in [1.29, 1.82) is 0 Å². The lowest BCUT2D eigenvalue weighted by atomic mass is 9.85. The van der Waals surface area contributed by atoms with E-state index in [0.29, 0.717) is 16.4 Å². The minimum absolute atomic E-state index is 0.0172. The molecular weight excluding hydrogens is 397 g/mol. The van der Waals surface area contributed by atoms with Gasteiger partial charge in [0.1, 0.15) is 5.60 Å². The van der Waals surface area contributed by atoms with Crippen LogP contribution in [0.2, 0.25) is 5.02 Å². The average molecular weight is 421 g/mol. The number of nitrogens with one attached hydrogen (secondary N) is 1. The molecule has 0 aliphatic rings. The molecule has 0 aromatic carbocycles. The number of halogens is 4. The van der Waals surface area contributed by atoms with E-state index in [1.807, 2.05) is 0 Å². The zero-order valence-electron chi connectivity index (χ0n) is 16.4. The second-order valence-electron chi connectivity index (χ2n) is 8.26. The third-order valence-corrected chi connectivity index (χ3v) is 4.39. The van der Waals surface area contributed by atoms with E-state index >= 15 is 0 Å². The Balaban J connectivity index is 2.28. The topological polar surface area (TPSA) is 68.5 Å². The largest absolute Gasteiger partial charge is 0.444 e. The molecule has 0 radical (unpaired) electrons. The molecule has 28 heavy (non-hydrogen) atoms. The van der Waals surface area contributed by atoms with E-state index in [-0.39, 0.29) is 12.8 Å². The highest BCUT2D eigenvalue weighted by atomic mass is 35.5. The average Bonchev–Trinajstić information content (AvgIpc) is 2.91. The van der Waals surface area contributed by atoms with Crippen LogP contribution in [0.4, 0.5) is 18.0 Å². The van der Waals surface area contributed by atoms with Crippen molar-refractivity contribution in [3.63, 3.8) is 0 Å². The standard InChI is InChI=1S/C18H24ClF3N4O2/c1-16(2,3)28-15(27)25-12(6-7-17(4,5)18(20,21)22)13-10-26-14(24-13)8-11(19)9-23-26/h8-10,12H,6-7H2,1-5H3,(H,25,27)/t12-/m0/s1. The SMILES string of the molecule is CC(C)(C)OC(=O)N[C@@H](CCC(C)(C)C(F)(F)F)c1cn2ncc(Cl)cc2n1. The summed E-state index contributed by atoms with van der Waals surface area (Å²) in [5.41, 5.74) is -1.86. The molecule has 1 N–H and O–H groups in total. The first-order chi connectivity index (χ1) is 12.7. The Kier molecular flexibility index (Phi) is 6.18. The smallest absolute Gasteiger partial charge is 0.408 e. The molecule has 0 aliphatic carbocycles. The molecule has 0 saturated heterocycles. The molecule has 2 aromatic rings. The molecule has 156 valence electrons. The molecule has 0 saturated carbocycles. The minimum atomic E-state index is -4.36. The van der Waals surface area contributed by atoms with Crippen LogP contribution in [0.25, 0.3) is 5.65 Å². The lowest BCUT2D eigenvalue weighted by Crippen LogP contribution is -2.37. The molecule has 6 nitrogen and oxygen atoms in total. The number of hydrogen-bond donors (Lipinski definition) is 1. The molecule has 1 amide bonds. The van der Waals surface area contributed by atoms with Crippen molar-refractivity contribution in [2.45, 2.75) is 65.3 Å². The lowest BCUT2D eigenvalue weighted by Gasteiger charge is -2.29. The number of nitrogens with zero attached hydrogens (tertiary/aromatic N) is 3. The number of alkyl carbamates (subject to hydrolysis) is 1. The molecule has 2 rings (SSSR count). The highest BCUT2D eigenvalue weighted by Gasteiger charge is 2.47.